The van der Waals surface area contributed by atoms with Crippen LogP contribution in [0.15, 0.2) is 60.2 Å². The number of carbonyl (C=O) groups excluding carboxylic acids is 2. The number of amides is 1. The third kappa shape index (κ3) is 4.56. The van der Waals surface area contributed by atoms with E-state index in [9.17, 15) is 14.9 Å². The number of ether oxygens (including phenoxy) is 1. The van der Waals surface area contributed by atoms with Gasteiger partial charge in [0.05, 0.1) is 23.3 Å². The molecule has 10 nitrogen and oxygen atoms in total. The highest BCUT2D eigenvalue weighted by atomic mass is 16.5. The van der Waals surface area contributed by atoms with Crippen LogP contribution in [-0.4, -0.2) is 40.6 Å². The number of benzene rings is 1. The van der Waals surface area contributed by atoms with E-state index in [1.54, 1.807) is 38.5 Å². The zero-order chi connectivity index (χ0) is 25.1. The van der Waals surface area contributed by atoms with Crippen molar-refractivity contribution in [2.75, 3.05) is 29.2 Å². The number of aromatic nitrogens is 3. The van der Waals surface area contributed by atoms with E-state index in [1.807, 2.05) is 54.2 Å². The third-order valence-corrected chi connectivity index (χ3v) is 5.72. The Kier molecular flexibility index (Phi) is 6.51. The highest BCUT2D eigenvalue weighted by Gasteiger charge is 2.31. The van der Waals surface area contributed by atoms with Crippen LogP contribution in [0.3, 0.4) is 0 Å². The number of anilines is 3. The first-order valence-electron chi connectivity index (χ1n) is 11.0. The summed E-state index contributed by atoms with van der Waals surface area (Å²) < 4.78 is 7.38. The summed E-state index contributed by atoms with van der Waals surface area (Å²) in [6, 6.07) is 13.2. The number of Topliss-reactive ketones (excluding diaryl/α,β-unsaturated/α-hetero) is 1. The highest BCUT2D eigenvalue weighted by molar-refractivity contribution is 6.04. The van der Waals surface area contributed by atoms with Gasteiger partial charge in [-0.15, -0.1) is 0 Å². The van der Waals surface area contributed by atoms with Crippen molar-refractivity contribution < 1.29 is 14.3 Å². The molecule has 1 aliphatic rings. The molecular formula is C25H25N7O3. The summed E-state index contributed by atoms with van der Waals surface area (Å²) in [6.07, 6.45) is 2.97. The van der Waals surface area contributed by atoms with Crippen LogP contribution in [-0.2, 0) is 16.6 Å². The lowest BCUT2D eigenvalue weighted by Gasteiger charge is -2.19. The Morgan fingerprint density at radius 2 is 1.74 bits per heavy atom. The van der Waals surface area contributed by atoms with Gasteiger partial charge < -0.3 is 19.9 Å². The maximum absolute atomic E-state index is 13.0. The van der Waals surface area contributed by atoms with Gasteiger partial charge in [-0.25, -0.2) is 4.68 Å². The van der Waals surface area contributed by atoms with Crippen molar-refractivity contribution in [2.24, 2.45) is 7.05 Å². The van der Waals surface area contributed by atoms with Crippen LogP contribution in [0.1, 0.15) is 18.5 Å². The van der Waals surface area contributed by atoms with Crippen LogP contribution in [0.2, 0.25) is 0 Å². The van der Waals surface area contributed by atoms with Gasteiger partial charge in [0.25, 0.3) is 0 Å². The largest absolute Gasteiger partial charge is 0.436 e. The van der Waals surface area contributed by atoms with E-state index >= 15 is 0 Å². The minimum Gasteiger partial charge on any atom is -0.436 e. The van der Waals surface area contributed by atoms with E-state index in [0.717, 1.165) is 11.4 Å². The molecule has 4 rings (SSSR count). The van der Waals surface area contributed by atoms with Crippen LogP contribution in [0, 0.1) is 18.3 Å². The molecule has 10 heteroatoms. The summed E-state index contributed by atoms with van der Waals surface area (Å²) in [4.78, 5) is 33.4. The molecule has 0 atom stereocenters. The number of allylic oxidation sites excluding steroid dienone is 1. The van der Waals surface area contributed by atoms with Gasteiger partial charge in [-0.2, -0.15) is 10.4 Å². The number of ketones is 1. The van der Waals surface area contributed by atoms with Crippen molar-refractivity contribution in [1.29, 1.82) is 5.26 Å². The van der Waals surface area contributed by atoms with Gasteiger partial charge in [-0.3, -0.25) is 14.6 Å². The number of nitriles is 1. The predicted octanol–water partition coefficient (Wildman–Crippen LogP) is 3.53. The lowest BCUT2D eigenvalue weighted by atomic mass is 10.1. The van der Waals surface area contributed by atoms with E-state index in [0.29, 0.717) is 28.8 Å². The van der Waals surface area contributed by atoms with Crippen LogP contribution in [0.25, 0.3) is 0 Å². The molecule has 0 unspecified atom stereocenters. The fourth-order valence-electron chi connectivity index (χ4n) is 4.03. The molecule has 0 fully saturated rings. The number of aryl methyl sites for hydroxylation is 2. The summed E-state index contributed by atoms with van der Waals surface area (Å²) in [5, 5.41) is 16.9. The smallest absolute Gasteiger partial charge is 0.241 e. The topological polar surface area (TPSA) is 116 Å². The number of fused-ring (bicyclic) bond motifs is 1. The number of hydrogen-bond acceptors (Lipinski definition) is 8. The van der Waals surface area contributed by atoms with Gasteiger partial charge in [0, 0.05) is 40.2 Å². The zero-order valence-electron chi connectivity index (χ0n) is 19.9. The van der Waals surface area contributed by atoms with Crippen LogP contribution in [0.5, 0.6) is 11.6 Å². The Morgan fingerprint density at radius 1 is 1.06 bits per heavy atom. The number of carbonyl (C=O) groups is 2. The predicted molar refractivity (Wildman–Crippen MR) is 131 cm³/mol. The van der Waals surface area contributed by atoms with E-state index in [-0.39, 0.29) is 24.3 Å². The van der Waals surface area contributed by atoms with Gasteiger partial charge in [0.15, 0.2) is 5.78 Å². The molecule has 0 saturated heterocycles. The van der Waals surface area contributed by atoms with Gasteiger partial charge in [-0.05, 0) is 31.2 Å². The summed E-state index contributed by atoms with van der Waals surface area (Å²) in [6.45, 7) is 1.75. The van der Waals surface area contributed by atoms with E-state index in [1.165, 1.54) is 4.68 Å². The highest BCUT2D eigenvalue weighted by Crippen LogP contribution is 2.40. The van der Waals surface area contributed by atoms with Crippen molar-refractivity contribution in [2.45, 2.75) is 19.8 Å². The average Bonchev–Trinajstić information content (AvgIpc) is 3.26. The number of hydrogen-bond donors (Lipinski definition) is 1. The van der Waals surface area contributed by atoms with Crippen LogP contribution < -0.4 is 19.9 Å². The molecular weight excluding hydrogens is 446 g/mol. The molecule has 0 radical (unpaired) electrons. The second-order valence-corrected chi connectivity index (χ2v) is 8.07. The standard InChI is InChI=1S/C25H25N7O3/c1-16-23(25(32(4)29-16)35-17-8-7-13-27-15-17)28-22(34)12-11-21(33)18(14-26)24-30(2)19-9-5-6-10-20(19)31(24)3/h5-10,13,15H,11-12H2,1-4H3,(H,28,34). The fourth-order valence-corrected chi connectivity index (χ4v) is 4.03. The Labute approximate surface area is 203 Å². The van der Waals surface area contributed by atoms with Gasteiger partial charge in [-0.1, -0.05) is 12.1 Å². The zero-order valence-corrected chi connectivity index (χ0v) is 19.9. The normalized spacial score (nSPS) is 12.3. The molecule has 1 amide bonds. The maximum atomic E-state index is 13.0. The van der Waals surface area contributed by atoms with Crippen LogP contribution in [0.4, 0.5) is 17.1 Å². The molecule has 2 aromatic heterocycles. The molecule has 35 heavy (non-hydrogen) atoms. The number of para-hydroxylation sites is 2. The monoisotopic (exact) mass is 471 g/mol. The second kappa shape index (κ2) is 9.69. The molecule has 0 aliphatic carbocycles. The lowest BCUT2D eigenvalue weighted by molar-refractivity contribution is -0.120. The number of pyridine rings is 1. The van der Waals surface area contributed by atoms with Crippen LogP contribution >= 0.6 is 0 Å². The Bertz CT molecular complexity index is 1320. The van der Waals surface area contributed by atoms with Crippen molar-refractivity contribution in [3.63, 3.8) is 0 Å². The minimum atomic E-state index is -0.404. The van der Waals surface area contributed by atoms with Crippen molar-refractivity contribution in [3.05, 3.63) is 65.9 Å². The van der Waals surface area contributed by atoms with E-state index in [2.05, 4.69) is 15.4 Å². The van der Waals surface area contributed by atoms with Crippen molar-refractivity contribution in [1.82, 2.24) is 14.8 Å². The van der Waals surface area contributed by atoms with E-state index < -0.39 is 5.78 Å². The molecule has 3 heterocycles. The van der Waals surface area contributed by atoms with Crippen molar-refractivity contribution in [3.8, 4) is 17.7 Å². The summed E-state index contributed by atoms with van der Waals surface area (Å²) >= 11 is 0. The molecule has 178 valence electrons. The molecule has 1 aliphatic heterocycles. The average molecular weight is 472 g/mol. The first kappa shape index (κ1) is 23.5. The lowest BCUT2D eigenvalue weighted by Crippen LogP contribution is -2.26. The first-order valence-corrected chi connectivity index (χ1v) is 11.0. The Balaban J connectivity index is 1.47. The molecule has 3 aromatic rings. The van der Waals surface area contributed by atoms with Gasteiger partial charge in [0.1, 0.15) is 28.9 Å². The van der Waals surface area contributed by atoms with Gasteiger partial charge >= 0.3 is 0 Å². The molecule has 0 bridgehead atoms. The SMILES string of the molecule is Cc1nn(C)c(Oc2cccnc2)c1NC(=O)CCC(=O)C(C#N)=C1N(C)c2ccccc2N1C. The molecule has 0 spiro atoms. The van der Waals surface area contributed by atoms with E-state index in [4.69, 9.17) is 4.74 Å². The molecule has 1 N–H and O–H groups in total. The number of nitrogens with zero attached hydrogens (tertiary/aromatic N) is 6. The Morgan fingerprint density at radius 3 is 2.34 bits per heavy atom. The second-order valence-electron chi connectivity index (χ2n) is 8.07. The molecule has 1 aromatic carbocycles. The summed E-state index contributed by atoms with van der Waals surface area (Å²) in [5.41, 5.74) is 2.79. The first-order chi connectivity index (χ1) is 16.8. The number of nitrogens with one attached hydrogen (secondary N) is 1. The summed E-state index contributed by atoms with van der Waals surface area (Å²) in [7, 11) is 5.32. The quantitative estimate of drug-likeness (QED) is 0.411. The van der Waals surface area contributed by atoms with Gasteiger partial charge in [0.2, 0.25) is 11.8 Å². The Hall–Kier alpha value is -4.65. The fraction of sp³-hybridized carbons (Fsp3) is 0.240. The third-order valence-electron chi connectivity index (χ3n) is 5.72. The minimum absolute atomic E-state index is 0.0113. The summed E-state index contributed by atoms with van der Waals surface area (Å²) in [5.74, 6) is 0.553. The maximum Gasteiger partial charge on any atom is 0.241 e. The molecule has 0 saturated carbocycles. The number of rotatable bonds is 7. The van der Waals surface area contributed by atoms with Crippen molar-refractivity contribution >= 4 is 28.8 Å².